The van der Waals surface area contributed by atoms with Gasteiger partial charge in [-0.25, -0.2) is 0 Å². The first kappa shape index (κ1) is 20.6. The Balaban J connectivity index is 0.00000261. The molecule has 1 aliphatic rings. The second kappa shape index (κ2) is 7.90. The summed E-state index contributed by atoms with van der Waals surface area (Å²) >= 11 is 0. The molecule has 0 atom stereocenters. The van der Waals surface area contributed by atoms with Gasteiger partial charge in [0.2, 0.25) is 0 Å². The summed E-state index contributed by atoms with van der Waals surface area (Å²) in [5, 5.41) is 2.78. The predicted octanol–water partition coefficient (Wildman–Crippen LogP) is 2.37. The first-order valence-corrected chi connectivity index (χ1v) is 8.37. The van der Waals surface area contributed by atoms with E-state index in [2.05, 4.69) is 5.32 Å². The minimum atomic E-state index is -0.507. The number of carbonyl (C=O) groups is 3. The molecule has 0 saturated carbocycles. The van der Waals surface area contributed by atoms with Crippen molar-refractivity contribution >= 4 is 30.1 Å². The molecule has 0 fully saturated rings. The standard InChI is InChI=1S/C20H21N3O3.ClH/c1-20(2,21)12-22-17(24)14-7-5-6-13(10-14)11-23-18(25)15-8-3-4-9-16(15)19(23)26;/h3-10H,11-12,21H2,1-2H3,(H,22,24);1H. The second-order valence-corrected chi connectivity index (χ2v) is 7.11. The molecule has 0 unspecified atom stereocenters. The first-order valence-electron chi connectivity index (χ1n) is 8.37. The van der Waals surface area contributed by atoms with Gasteiger partial charge in [-0.1, -0.05) is 24.3 Å². The molecule has 3 rings (SSSR count). The fourth-order valence-corrected chi connectivity index (χ4v) is 2.79. The highest BCUT2D eigenvalue weighted by molar-refractivity contribution is 6.21. The number of hydrogen-bond acceptors (Lipinski definition) is 4. The summed E-state index contributed by atoms with van der Waals surface area (Å²) in [5.74, 6) is -0.872. The van der Waals surface area contributed by atoms with E-state index in [-0.39, 0.29) is 36.7 Å². The van der Waals surface area contributed by atoms with Crippen molar-refractivity contribution in [1.29, 1.82) is 0 Å². The Morgan fingerprint density at radius 3 is 2.19 bits per heavy atom. The summed E-state index contributed by atoms with van der Waals surface area (Å²) in [5.41, 5.74) is 7.37. The van der Waals surface area contributed by atoms with E-state index in [1.165, 1.54) is 4.90 Å². The quantitative estimate of drug-likeness (QED) is 0.770. The average molecular weight is 388 g/mol. The van der Waals surface area contributed by atoms with Crippen molar-refractivity contribution in [3.63, 3.8) is 0 Å². The lowest BCUT2D eigenvalue weighted by molar-refractivity contribution is 0.0642. The zero-order chi connectivity index (χ0) is 18.9. The van der Waals surface area contributed by atoms with Crippen LogP contribution in [-0.4, -0.2) is 34.7 Å². The minimum absolute atomic E-state index is 0. The number of nitrogens with one attached hydrogen (secondary N) is 1. The number of fused-ring (bicyclic) bond motifs is 1. The summed E-state index contributed by atoms with van der Waals surface area (Å²) in [4.78, 5) is 38.4. The molecule has 0 radical (unpaired) electrons. The summed E-state index contributed by atoms with van der Waals surface area (Å²) in [6.07, 6.45) is 0. The van der Waals surface area contributed by atoms with Crippen LogP contribution in [0.1, 0.15) is 50.5 Å². The van der Waals surface area contributed by atoms with Gasteiger partial charge in [-0.15, -0.1) is 12.4 Å². The van der Waals surface area contributed by atoms with Gasteiger partial charge in [-0.2, -0.15) is 0 Å². The van der Waals surface area contributed by atoms with Gasteiger partial charge in [-0.05, 0) is 43.7 Å². The number of benzene rings is 2. The molecule has 0 saturated heterocycles. The molecule has 2 aromatic rings. The van der Waals surface area contributed by atoms with Crippen LogP contribution in [-0.2, 0) is 6.54 Å². The van der Waals surface area contributed by atoms with Crippen LogP contribution < -0.4 is 11.1 Å². The number of halogens is 1. The number of amides is 3. The van der Waals surface area contributed by atoms with Crippen molar-refractivity contribution in [3.8, 4) is 0 Å². The van der Waals surface area contributed by atoms with E-state index in [9.17, 15) is 14.4 Å². The molecule has 0 spiro atoms. The molecule has 1 aliphatic heterocycles. The van der Waals surface area contributed by atoms with Gasteiger partial charge < -0.3 is 11.1 Å². The lowest BCUT2D eigenvalue weighted by Crippen LogP contribution is -2.45. The van der Waals surface area contributed by atoms with Gasteiger partial charge in [0.1, 0.15) is 0 Å². The van der Waals surface area contributed by atoms with Gasteiger partial charge in [0.25, 0.3) is 17.7 Å². The van der Waals surface area contributed by atoms with Gasteiger partial charge in [0, 0.05) is 17.6 Å². The molecule has 2 aromatic carbocycles. The van der Waals surface area contributed by atoms with Crippen LogP contribution >= 0.6 is 12.4 Å². The third-order valence-corrected chi connectivity index (χ3v) is 4.11. The SMILES string of the molecule is CC(C)(N)CNC(=O)c1cccc(CN2C(=O)c3ccccc3C2=O)c1.Cl. The fraction of sp³-hybridized carbons (Fsp3) is 0.250. The largest absolute Gasteiger partial charge is 0.350 e. The van der Waals surface area contributed by atoms with Crippen molar-refractivity contribution in [3.05, 3.63) is 70.8 Å². The van der Waals surface area contributed by atoms with Gasteiger partial charge in [0.15, 0.2) is 0 Å². The lowest BCUT2D eigenvalue weighted by Gasteiger charge is -2.19. The van der Waals surface area contributed by atoms with E-state index < -0.39 is 5.54 Å². The Labute approximate surface area is 164 Å². The number of hydrogen-bond donors (Lipinski definition) is 2. The normalized spacial score (nSPS) is 13.2. The van der Waals surface area contributed by atoms with Crippen LogP contribution in [0.2, 0.25) is 0 Å². The van der Waals surface area contributed by atoms with Gasteiger partial charge >= 0.3 is 0 Å². The van der Waals surface area contributed by atoms with Crippen molar-refractivity contribution in [2.24, 2.45) is 5.73 Å². The zero-order valence-electron chi connectivity index (χ0n) is 15.2. The number of carbonyl (C=O) groups excluding carboxylic acids is 3. The number of nitrogens with two attached hydrogens (primary N) is 1. The predicted molar refractivity (Wildman–Crippen MR) is 105 cm³/mol. The maximum atomic E-state index is 12.5. The summed E-state index contributed by atoms with van der Waals surface area (Å²) in [6, 6.07) is 13.6. The van der Waals surface area contributed by atoms with Crippen LogP contribution in [0.15, 0.2) is 48.5 Å². The summed E-state index contributed by atoms with van der Waals surface area (Å²) < 4.78 is 0. The Kier molecular flexibility index (Phi) is 6.03. The van der Waals surface area contributed by atoms with E-state index in [1.807, 2.05) is 13.8 Å². The second-order valence-electron chi connectivity index (χ2n) is 7.11. The average Bonchev–Trinajstić information content (AvgIpc) is 2.85. The van der Waals surface area contributed by atoms with E-state index in [0.29, 0.717) is 28.8 Å². The monoisotopic (exact) mass is 387 g/mol. The highest BCUT2D eigenvalue weighted by Gasteiger charge is 2.34. The maximum Gasteiger partial charge on any atom is 0.261 e. The molecule has 1 heterocycles. The number of rotatable bonds is 5. The topological polar surface area (TPSA) is 92.5 Å². The lowest BCUT2D eigenvalue weighted by atomic mass is 10.1. The summed E-state index contributed by atoms with van der Waals surface area (Å²) in [6.45, 7) is 4.11. The molecule has 0 aromatic heterocycles. The Hall–Kier alpha value is -2.70. The van der Waals surface area contributed by atoms with Crippen LogP contribution in [0.3, 0.4) is 0 Å². The third-order valence-electron chi connectivity index (χ3n) is 4.11. The van der Waals surface area contributed by atoms with Crippen LogP contribution in [0.25, 0.3) is 0 Å². The zero-order valence-corrected chi connectivity index (χ0v) is 16.0. The van der Waals surface area contributed by atoms with Crippen molar-refractivity contribution in [1.82, 2.24) is 10.2 Å². The van der Waals surface area contributed by atoms with Gasteiger partial charge in [-0.3, -0.25) is 19.3 Å². The molecule has 142 valence electrons. The van der Waals surface area contributed by atoms with E-state index in [4.69, 9.17) is 5.73 Å². The minimum Gasteiger partial charge on any atom is -0.350 e. The maximum absolute atomic E-state index is 12.5. The smallest absolute Gasteiger partial charge is 0.261 e. The van der Waals surface area contributed by atoms with E-state index in [1.54, 1.807) is 48.5 Å². The molecular weight excluding hydrogens is 366 g/mol. The Morgan fingerprint density at radius 2 is 1.63 bits per heavy atom. The molecule has 7 heteroatoms. The highest BCUT2D eigenvalue weighted by atomic mass is 35.5. The molecule has 3 amide bonds. The van der Waals surface area contributed by atoms with Crippen molar-refractivity contribution in [2.45, 2.75) is 25.9 Å². The van der Waals surface area contributed by atoms with Gasteiger partial charge in [0.05, 0.1) is 17.7 Å². The fourth-order valence-electron chi connectivity index (χ4n) is 2.79. The molecule has 6 nitrogen and oxygen atoms in total. The van der Waals surface area contributed by atoms with E-state index >= 15 is 0 Å². The van der Waals surface area contributed by atoms with Crippen molar-refractivity contribution < 1.29 is 14.4 Å². The molecule has 0 aliphatic carbocycles. The highest BCUT2D eigenvalue weighted by Crippen LogP contribution is 2.24. The molecular formula is C20H22ClN3O3. The van der Waals surface area contributed by atoms with Crippen LogP contribution in [0, 0.1) is 0 Å². The number of nitrogens with zero attached hydrogens (tertiary/aromatic N) is 1. The Morgan fingerprint density at radius 1 is 1.04 bits per heavy atom. The van der Waals surface area contributed by atoms with E-state index in [0.717, 1.165) is 0 Å². The molecule has 0 bridgehead atoms. The molecule has 3 N–H and O–H groups in total. The Bertz CT molecular complexity index is 855. The van der Waals surface area contributed by atoms with Crippen LogP contribution in [0.5, 0.6) is 0 Å². The van der Waals surface area contributed by atoms with Crippen LogP contribution in [0.4, 0.5) is 0 Å². The number of imide groups is 1. The summed E-state index contributed by atoms with van der Waals surface area (Å²) in [7, 11) is 0. The third kappa shape index (κ3) is 4.53. The first-order chi connectivity index (χ1) is 12.3. The van der Waals surface area contributed by atoms with Crippen molar-refractivity contribution in [2.75, 3.05) is 6.54 Å². The molecule has 27 heavy (non-hydrogen) atoms.